The molecule has 0 atom stereocenters. The summed E-state index contributed by atoms with van der Waals surface area (Å²) < 4.78 is 61.7. The first-order valence-corrected chi connectivity index (χ1v) is 4.22. The van der Waals surface area contributed by atoms with Gasteiger partial charge in [-0.15, -0.1) is 0 Å². The summed E-state index contributed by atoms with van der Waals surface area (Å²) in [6.45, 7) is 0. The summed E-state index contributed by atoms with van der Waals surface area (Å²) in [5.74, 6) is -1.39. The highest BCUT2D eigenvalue weighted by Gasteiger charge is 2.40. The van der Waals surface area contributed by atoms with Crippen LogP contribution in [0, 0.1) is 10.1 Å². The molecule has 1 aromatic rings. The lowest BCUT2D eigenvalue weighted by Gasteiger charge is -2.10. The van der Waals surface area contributed by atoms with Crippen molar-refractivity contribution >= 4 is 17.4 Å². The Morgan fingerprint density at radius 1 is 1.41 bits per heavy atom. The molecule has 0 aromatic carbocycles. The number of nitro groups is 1. The van der Waals surface area contributed by atoms with E-state index in [0.29, 0.717) is 0 Å². The number of nitrogens with zero attached hydrogens (tertiary/aromatic N) is 2. The molecule has 0 saturated carbocycles. The van der Waals surface area contributed by atoms with Gasteiger partial charge in [0.2, 0.25) is 0 Å². The zero-order chi connectivity index (χ0) is 13.4. The molecule has 1 aromatic heterocycles. The highest BCUT2D eigenvalue weighted by Crippen LogP contribution is 2.41. The molecule has 0 saturated heterocycles. The van der Waals surface area contributed by atoms with Gasteiger partial charge in [0, 0.05) is 0 Å². The predicted molar refractivity (Wildman–Crippen MR) is 45.9 cm³/mol. The smallest absolute Gasteiger partial charge is 0.358 e. The third kappa shape index (κ3) is 2.60. The van der Waals surface area contributed by atoms with Crippen molar-refractivity contribution in [3.05, 3.63) is 32.5 Å². The van der Waals surface area contributed by atoms with Crippen molar-refractivity contribution in [2.75, 3.05) is 0 Å². The first kappa shape index (κ1) is 13.6. The minimum atomic E-state index is -5.01. The van der Waals surface area contributed by atoms with Gasteiger partial charge < -0.3 is 10.1 Å². The Bertz CT molecular complexity index is 462. The van der Waals surface area contributed by atoms with E-state index >= 15 is 0 Å². The number of rotatable bonds is 2. The Labute approximate surface area is 95.2 Å². The third-order valence-corrected chi connectivity index (χ3v) is 2.13. The van der Waals surface area contributed by atoms with Crippen LogP contribution >= 0.6 is 11.6 Å². The predicted octanol–water partition coefficient (Wildman–Crippen LogP) is 3.60. The SMILES string of the molecule is O=[N+]([O-])c1ncc(C(F)(F)F)c(Cl)c1C(F)F. The van der Waals surface area contributed by atoms with Crippen molar-refractivity contribution in [2.45, 2.75) is 12.6 Å². The quantitative estimate of drug-likeness (QED) is 0.471. The normalized spacial score (nSPS) is 11.9. The van der Waals surface area contributed by atoms with Crippen LogP contribution in [0.25, 0.3) is 0 Å². The molecule has 0 aliphatic heterocycles. The Kier molecular flexibility index (Phi) is 3.51. The second-order valence-corrected chi connectivity index (χ2v) is 3.16. The molecule has 0 spiro atoms. The monoisotopic (exact) mass is 276 g/mol. The van der Waals surface area contributed by atoms with Crippen LogP contribution in [0.15, 0.2) is 6.20 Å². The van der Waals surface area contributed by atoms with Crippen molar-refractivity contribution in [3.63, 3.8) is 0 Å². The van der Waals surface area contributed by atoms with E-state index in [1.165, 1.54) is 0 Å². The van der Waals surface area contributed by atoms with E-state index < -0.39 is 39.5 Å². The molecule has 0 bridgehead atoms. The molecule has 94 valence electrons. The molecule has 1 heterocycles. The van der Waals surface area contributed by atoms with Gasteiger partial charge in [-0.3, -0.25) is 0 Å². The van der Waals surface area contributed by atoms with Gasteiger partial charge in [-0.2, -0.15) is 13.2 Å². The molecule has 17 heavy (non-hydrogen) atoms. The lowest BCUT2D eigenvalue weighted by molar-refractivity contribution is -0.391. The van der Waals surface area contributed by atoms with Crippen LogP contribution in [-0.2, 0) is 6.18 Å². The van der Waals surface area contributed by atoms with Gasteiger partial charge >= 0.3 is 12.0 Å². The Hall–Kier alpha value is -1.51. The Morgan fingerprint density at radius 3 is 2.29 bits per heavy atom. The second-order valence-electron chi connectivity index (χ2n) is 2.78. The van der Waals surface area contributed by atoms with Gasteiger partial charge in [0.05, 0.1) is 5.02 Å². The fraction of sp³-hybridized carbons (Fsp3) is 0.286. The van der Waals surface area contributed by atoms with Crippen molar-refractivity contribution < 1.29 is 26.9 Å². The highest BCUT2D eigenvalue weighted by molar-refractivity contribution is 6.32. The van der Waals surface area contributed by atoms with Gasteiger partial charge in [0.25, 0.3) is 6.43 Å². The molecular weight excluding hydrogens is 275 g/mol. The van der Waals surface area contributed by atoms with E-state index in [2.05, 4.69) is 4.98 Å². The minimum absolute atomic E-state index is 0.0480. The average molecular weight is 277 g/mol. The van der Waals surface area contributed by atoms with Crippen LogP contribution in [0.5, 0.6) is 0 Å². The van der Waals surface area contributed by atoms with Gasteiger partial charge in [-0.25, -0.2) is 8.78 Å². The molecule has 0 fully saturated rings. The summed E-state index contributed by atoms with van der Waals surface area (Å²) in [5, 5.41) is 8.90. The van der Waals surface area contributed by atoms with Crippen molar-refractivity contribution in [1.29, 1.82) is 0 Å². The van der Waals surface area contributed by atoms with Crippen LogP contribution in [-0.4, -0.2) is 9.91 Å². The first-order valence-electron chi connectivity index (χ1n) is 3.84. The van der Waals surface area contributed by atoms with Gasteiger partial charge in [0.15, 0.2) is 6.20 Å². The zero-order valence-electron chi connectivity index (χ0n) is 7.63. The summed E-state index contributed by atoms with van der Waals surface area (Å²) in [6, 6.07) is 0. The molecule has 4 nitrogen and oxygen atoms in total. The molecule has 1 rings (SSSR count). The molecule has 0 radical (unpaired) electrons. The maximum Gasteiger partial charge on any atom is 0.421 e. The summed E-state index contributed by atoms with van der Waals surface area (Å²) in [4.78, 5) is 11.7. The summed E-state index contributed by atoms with van der Waals surface area (Å²) in [7, 11) is 0. The van der Waals surface area contributed by atoms with Gasteiger partial charge in [-0.1, -0.05) is 11.6 Å². The first-order chi connectivity index (χ1) is 7.66. The zero-order valence-corrected chi connectivity index (χ0v) is 8.39. The van der Waals surface area contributed by atoms with Crippen LogP contribution in [0.1, 0.15) is 17.6 Å². The van der Waals surface area contributed by atoms with E-state index in [0.717, 1.165) is 0 Å². The van der Waals surface area contributed by atoms with E-state index in [9.17, 15) is 32.1 Å². The average Bonchev–Trinajstić information content (AvgIpc) is 2.13. The van der Waals surface area contributed by atoms with Crippen molar-refractivity contribution in [1.82, 2.24) is 4.98 Å². The summed E-state index contributed by atoms with van der Waals surface area (Å²) in [5.41, 5.74) is -3.17. The molecule has 0 unspecified atom stereocenters. The van der Waals surface area contributed by atoms with Crippen LogP contribution in [0.4, 0.5) is 27.8 Å². The van der Waals surface area contributed by atoms with Crippen molar-refractivity contribution in [3.8, 4) is 0 Å². The van der Waals surface area contributed by atoms with E-state index in [-0.39, 0.29) is 6.20 Å². The van der Waals surface area contributed by atoms with Crippen LogP contribution < -0.4 is 0 Å². The topological polar surface area (TPSA) is 56.0 Å². The number of hydrogen-bond donors (Lipinski definition) is 0. The number of alkyl halides is 5. The third-order valence-electron chi connectivity index (χ3n) is 1.73. The number of aromatic nitrogens is 1. The molecular formula is C7H2ClF5N2O2. The molecule has 0 N–H and O–H groups in total. The van der Waals surface area contributed by atoms with Crippen LogP contribution in [0.2, 0.25) is 5.02 Å². The lowest BCUT2D eigenvalue weighted by Crippen LogP contribution is -2.10. The highest BCUT2D eigenvalue weighted by atomic mass is 35.5. The Morgan fingerprint density at radius 2 is 1.94 bits per heavy atom. The molecule has 0 amide bonds. The lowest BCUT2D eigenvalue weighted by atomic mass is 10.2. The van der Waals surface area contributed by atoms with Crippen LogP contribution in [0.3, 0.4) is 0 Å². The molecule has 10 heteroatoms. The standard InChI is InChI=1S/C7H2ClF5N2O2/c8-4-2(7(11,12)13)1-14-6(15(16)17)3(4)5(9)10/h1,5H. The van der Waals surface area contributed by atoms with Crippen molar-refractivity contribution in [2.24, 2.45) is 0 Å². The minimum Gasteiger partial charge on any atom is -0.358 e. The van der Waals surface area contributed by atoms with E-state index in [1.54, 1.807) is 0 Å². The second kappa shape index (κ2) is 4.40. The summed E-state index contributed by atoms with van der Waals surface area (Å²) in [6.07, 6.45) is -8.49. The summed E-state index contributed by atoms with van der Waals surface area (Å²) >= 11 is 5.09. The fourth-order valence-corrected chi connectivity index (χ4v) is 1.35. The number of pyridine rings is 1. The maximum absolute atomic E-state index is 12.4. The fourth-order valence-electron chi connectivity index (χ4n) is 1.03. The van der Waals surface area contributed by atoms with Gasteiger partial charge in [-0.05, 0) is 9.91 Å². The number of hydrogen-bond acceptors (Lipinski definition) is 3. The van der Waals surface area contributed by atoms with E-state index in [4.69, 9.17) is 11.6 Å². The molecule has 0 aliphatic rings. The Balaban J connectivity index is 3.55. The van der Waals surface area contributed by atoms with Gasteiger partial charge in [0.1, 0.15) is 11.1 Å². The number of halogens is 6. The van der Waals surface area contributed by atoms with E-state index in [1.807, 2.05) is 0 Å². The largest absolute Gasteiger partial charge is 0.421 e. The molecule has 0 aliphatic carbocycles. The maximum atomic E-state index is 12.4.